The number of hydrogen-bond donors (Lipinski definition) is 1. The molecule has 1 N–H and O–H groups in total. The quantitative estimate of drug-likeness (QED) is 0.135. The molecule has 38 heavy (non-hydrogen) atoms. The first-order valence-corrected chi connectivity index (χ1v) is 12.9. The van der Waals surface area contributed by atoms with E-state index < -0.39 is 23.7 Å². The Balaban J connectivity index is 1.90. The van der Waals surface area contributed by atoms with Crippen LogP contribution in [0.3, 0.4) is 0 Å². The molecule has 2 heterocycles. The second kappa shape index (κ2) is 11.0. The molecule has 1 saturated heterocycles. The summed E-state index contributed by atoms with van der Waals surface area (Å²) in [4.78, 5) is 45.4. The van der Waals surface area contributed by atoms with E-state index in [4.69, 9.17) is 9.47 Å². The van der Waals surface area contributed by atoms with Crippen molar-refractivity contribution in [2.75, 3.05) is 18.1 Å². The van der Waals surface area contributed by atoms with Crippen molar-refractivity contribution < 1.29 is 29.0 Å². The summed E-state index contributed by atoms with van der Waals surface area (Å²) >= 11 is 0.950. The van der Waals surface area contributed by atoms with Gasteiger partial charge in [0.25, 0.3) is 5.78 Å². The van der Waals surface area contributed by atoms with Crippen LogP contribution in [0, 0.1) is 20.8 Å². The Morgan fingerprint density at radius 3 is 2.53 bits per heavy atom. The molecule has 0 aliphatic carbocycles. The summed E-state index contributed by atoms with van der Waals surface area (Å²) in [6.07, 6.45) is 1.45. The second-order valence-electron chi connectivity index (χ2n) is 8.79. The van der Waals surface area contributed by atoms with Crippen LogP contribution in [0.4, 0.5) is 5.13 Å². The minimum atomic E-state index is -0.979. The molecule has 1 unspecified atom stereocenters. The fourth-order valence-corrected chi connectivity index (χ4v) is 5.26. The molecule has 0 saturated carbocycles. The van der Waals surface area contributed by atoms with Crippen molar-refractivity contribution in [3.63, 3.8) is 0 Å². The van der Waals surface area contributed by atoms with Gasteiger partial charge in [0.1, 0.15) is 23.0 Å². The molecule has 2 aromatic carbocycles. The molecule has 1 fully saturated rings. The minimum Gasteiger partial charge on any atom is -0.507 e. The van der Waals surface area contributed by atoms with Crippen molar-refractivity contribution >= 4 is 39.9 Å². The average molecular weight is 533 g/mol. The third kappa shape index (κ3) is 4.97. The Morgan fingerprint density at radius 1 is 1.16 bits per heavy atom. The summed E-state index contributed by atoms with van der Waals surface area (Å²) in [6.45, 7) is 11.2. The van der Waals surface area contributed by atoms with Crippen molar-refractivity contribution in [2.45, 2.75) is 33.7 Å². The number of carbonyl (C=O) groups excluding carboxylic acids is 3. The highest BCUT2D eigenvalue weighted by Gasteiger charge is 2.48. The number of ketones is 1. The first-order chi connectivity index (χ1) is 18.2. The van der Waals surface area contributed by atoms with Crippen LogP contribution < -0.4 is 9.64 Å². The van der Waals surface area contributed by atoms with E-state index in [2.05, 4.69) is 11.6 Å². The third-order valence-electron chi connectivity index (χ3n) is 6.11. The van der Waals surface area contributed by atoms with Gasteiger partial charge in [0, 0.05) is 5.56 Å². The number of esters is 1. The Kier molecular flexibility index (Phi) is 7.78. The van der Waals surface area contributed by atoms with Crippen LogP contribution in [-0.4, -0.2) is 41.0 Å². The summed E-state index contributed by atoms with van der Waals surface area (Å²) in [6, 6.07) is 11.5. The molecule has 196 valence electrons. The molecule has 1 aliphatic rings. The second-order valence-corrected chi connectivity index (χ2v) is 9.77. The van der Waals surface area contributed by atoms with Gasteiger partial charge in [-0.15, -0.1) is 0 Å². The largest absolute Gasteiger partial charge is 0.507 e. The van der Waals surface area contributed by atoms with Gasteiger partial charge in [-0.1, -0.05) is 53.8 Å². The maximum Gasteiger partial charge on any atom is 0.350 e. The Bertz CT molecular complexity index is 1450. The van der Waals surface area contributed by atoms with E-state index in [1.54, 1.807) is 37.3 Å². The number of rotatable bonds is 8. The summed E-state index contributed by atoms with van der Waals surface area (Å²) in [5.74, 6) is -1.94. The highest BCUT2D eigenvalue weighted by Crippen LogP contribution is 2.44. The first kappa shape index (κ1) is 26.8. The smallest absolute Gasteiger partial charge is 0.350 e. The standard InChI is InChI=1S/C29H28N2O6S/c1-6-14-37-28(35)26-18(5)30-29(38-26)31-23(19-10-12-20(13-11-19)36-7-2)22(25(33)27(31)34)24(32)21-15-16(3)8-9-17(21)4/h6,8-13,15,23,32H,1,7,14H2,2-5H3. The number of hydrogen-bond acceptors (Lipinski definition) is 8. The highest BCUT2D eigenvalue weighted by molar-refractivity contribution is 7.17. The number of aliphatic hydroxyl groups is 1. The minimum absolute atomic E-state index is 0.0258. The van der Waals surface area contributed by atoms with E-state index in [0.717, 1.165) is 22.5 Å². The number of nitrogens with zero attached hydrogens (tertiary/aromatic N) is 2. The average Bonchev–Trinajstić information content (AvgIpc) is 3.41. The van der Waals surface area contributed by atoms with Gasteiger partial charge in [-0.25, -0.2) is 9.78 Å². The predicted octanol–water partition coefficient (Wildman–Crippen LogP) is 5.44. The Hall–Kier alpha value is -4.24. The number of Topliss-reactive ketones (excluding diaryl/α,β-unsaturated/α-hetero) is 1. The van der Waals surface area contributed by atoms with Crippen LogP contribution in [0.15, 0.2) is 60.7 Å². The van der Waals surface area contributed by atoms with Crippen LogP contribution in [-0.2, 0) is 14.3 Å². The lowest BCUT2D eigenvalue weighted by molar-refractivity contribution is -0.132. The zero-order chi connectivity index (χ0) is 27.6. The number of aryl methyl sites for hydroxylation is 3. The maximum absolute atomic E-state index is 13.5. The molecule has 1 aromatic heterocycles. The number of aromatic nitrogens is 1. The molecule has 0 radical (unpaired) electrons. The number of ether oxygens (including phenoxy) is 2. The van der Waals surface area contributed by atoms with Gasteiger partial charge in [0.15, 0.2) is 5.13 Å². The van der Waals surface area contributed by atoms with Gasteiger partial charge >= 0.3 is 11.9 Å². The van der Waals surface area contributed by atoms with E-state index in [9.17, 15) is 19.5 Å². The van der Waals surface area contributed by atoms with Gasteiger partial charge < -0.3 is 14.6 Å². The van der Waals surface area contributed by atoms with Gasteiger partial charge in [-0.2, -0.15) is 0 Å². The van der Waals surface area contributed by atoms with Crippen LogP contribution in [0.5, 0.6) is 5.75 Å². The molecule has 9 heteroatoms. The zero-order valence-electron chi connectivity index (χ0n) is 21.6. The summed E-state index contributed by atoms with van der Waals surface area (Å²) in [7, 11) is 0. The topological polar surface area (TPSA) is 106 Å². The van der Waals surface area contributed by atoms with Crippen molar-refractivity contribution in [3.8, 4) is 5.75 Å². The molecule has 3 aromatic rings. The molecule has 1 aliphatic heterocycles. The summed E-state index contributed by atoms with van der Waals surface area (Å²) in [5.41, 5.74) is 2.98. The van der Waals surface area contributed by atoms with Crippen molar-refractivity contribution in [1.82, 2.24) is 4.98 Å². The van der Waals surface area contributed by atoms with Gasteiger partial charge in [0.05, 0.1) is 23.9 Å². The number of carbonyl (C=O) groups is 3. The van der Waals surface area contributed by atoms with Crippen molar-refractivity contribution in [3.05, 3.63) is 93.5 Å². The molecule has 1 amide bonds. The number of amides is 1. The van der Waals surface area contributed by atoms with E-state index >= 15 is 0 Å². The lowest BCUT2D eigenvalue weighted by Crippen LogP contribution is -2.29. The van der Waals surface area contributed by atoms with E-state index in [1.165, 1.54) is 11.0 Å². The van der Waals surface area contributed by atoms with E-state index in [-0.39, 0.29) is 27.9 Å². The van der Waals surface area contributed by atoms with Crippen molar-refractivity contribution in [2.24, 2.45) is 0 Å². The first-order valence-electron chi connectivity index (χ1n) is 12.0. The molecule has 1 atom stereocenters. The van der Waals surface area contributed by atoms with Crippen LogP contribution in [0.1, 0.15) is 50.6 Å². The zero-order valence-corrected chi connectivity index (χ0v) is 22.4. The Morgan fingerprint density at radius 2 is 1.87 bits per heavy atom. The lowest BCUT2D eigenvalue weighted by Gasteiger charge is -2.23. The lowest BCUT2D eigenvalue weighted by atomic mass is 9.93. The Labute approximate surface area is 224 Å². The summed E-state index contributed by atoms with van der Waals surface area (Å²) < 4.78 is 10.7. The number of thiazole rings is 1. The van der Waals surface area contributed by atoms with Crippen LogP contribution in [0.2, 0.25) is 0 Å². The third-order valence-corrected chi connectivity index (χ3v) is 7.25. The fourth-order valence-electron chi connectivity index (χ4n) is 4.27. The van der Waals surface area contributed by atoms with Crippen molar-refractivity contribution in [1.29, 1.82) is 0 Å². The number of benzene rings is 2. The van der Waals surface area contributed by atoms with Gasteiger partial charge in [-0.05, 0) is 57.0 Å². The normalized spacial score (nSPS) is 16.5. The molecule has 4 rings (SSSR count). The monoisotopic (exact) mass is 532 g/mol. The van der Waals surface area contributed by atoms with E-state index in [1.807, 2.05) is 32.9 Å². The molecular formula is C29H28N2O6S. The predicted molar refractivity (Wildman–Crippen MR) is 146 cm³/mol. The number of anilines is 1. The fraction of sp³-hybridized carbons (Fsp3) is 0.241. The summed E-state index contributed by atoms with van der Waals surface area (Å²) in [5, 5.41) is 11.6. The molecule has 0 spiro atoms. The molecule has 0 bridgehead atoms. The van der Waals surface area contributed by atoms with Crippen LogP contribution >= 0.6 is 11.3 Å². The van der Waals surface area contributed by atoms with Gasteiger partial charge in [-0.3, -0.25) is 14.5 Å². The van der Waals surface area contributed by atoms with Gasteiger partial charge in [0.2, 0.25) is 0 Å². The number of aliphatic hydroxyl groups excluding tert-OH is 1. The SMILES string of the molecule is C=CCOC(=O)c1sc(N2C(=O)C(=O)C(=C(O)c3cc(C)ccc3C)C2c2ccc(OCC)cc2)nc1C. The highest BCUT2D eigenvalue weighted by atomic mass is 32.1. The molecular weight excluding hydrogens is 504 g/mol. The molecule has 8 nitrogen and oxygen atoms in total. The van der Waals surface area contributed by atoms with Crippen LogP contribution in [0.25, 0.3) is 5.76 Å². The maximum atomic E-state index is 13.5. The van der Waals surface area contributed by atoms with E-state index in [0.29, 0.717) is 29.2 Å².